The van der Waals surface area contributed by atoms with Crippen molar-refractivity contribution in [3.05, 3.63) is 35.9 Å². The molecule has 0 heterocycles. The van der Waals surface area contributed by atoms with Crippen LogP contribution in [0.5, 0.6) is 0 Å². The van der Waals surface area contributed by atoms with Crippen LogP contribution in [-0.2, 0) is 0 Å². The molecule has 5 rings (SSSR count). The lowest BCUT2D eigenvalue weighted by atomic mass is 9.90. The number of rotatable bonds is 1. The highest BCUT2D eigenvalue weighted by molar-refractivity contribution is 5.31. The summed E-state index contributed by atoms with van der Waals surface area (Å²) in [5, 5.41) is 0. The lowest BCUT2D eigenvalue weighted by Crippen LogP contribution is -2.02. The van der Waals surface area contributed by atoms with Gasteiger partial charge in [-0.3, -0.25) is 0 Å². The highest BCUT2D eigenvalue weighted by atomic mass is 14.7. The van der Waals surface area contributed by atoms with E-state index in [1.807, 2.05) is 0 Å². The summed E-state index contributed by atoms with van der Waals surface area (Å²) in [7, 11) is 0. The zero-order valence-corrected chi connectivity index (χ0v) is 7.69. The Morgan fingerprint density at radius 1 is 0.923 bits per heavy atom. The van der Waals surface area contributed by atoms with Crippen LogP contribution in [0.25, 0.3) is 0 Å². The maximum absolute atomic E-state index is 2.33. The molecule has 3 unspecified atom stereocenters. The standard InChI is InChI=1S/C13H14/c1-2-4-8(5-3-1)12-9-6-10-11(7-9)13(10)12/h1-5,9-13H,6-7H2/t9?,10-,11?,12-,13?/m0/s1. The van der Waals surface area contributed by atoms with Crippen molar-refractivity contribution in [3.63, 3.8) is 0 Å². The van der Waals surface area contributed by atoms with E-state index in [0.717, 1.165) is 29.6 Å². The Bertz CT molecular complexity index is 326. The largest absolute Gasteiger partial charge is 0.0622 e. The molecule has 0 nitrogen and oxygen atoms in total. The molecule has 4 bridgehead atoms. The maximum Gasteiger partial charge on any atom is -0.00996 e. The van der Waals surface area contributed by atoms with E-state index in [9.17, 15) is 0 Å². The van der Waals surface area contributed by atoms with Gasteiger partial charge in [-0.15, -0.1) is 0 Å². The second-order valence-corrected chi connectivity index (χ2v) is 5.07. The summed E-state index contributed by atoms with van der Waals surface area (Å²) in [6.07, 6.45) is 3.10. The average molecular weight is 170 g/mol. The summed E-state index contributed by atoms with van der Waals surface area (Å²) >= 11 is 0. The van der Waals surface area contributed by atoms with E-state index in [4.69, 9.17) is 0 Å². The number of benzene rings is 1. The van der Waals surface area contributed by atoms with Crippen LogP contribution in [-0.4, -0.2) is 0 Å². The van der Waals surface area contributed by atoms with Crippen molar-refractivity contribution < 1.29 is 0 Å². The fraction of sp³-hybridized carbons (Fsp3) is 0.538. The molecule has 0 saturated heterocycles. The van der Waals surface area contributed by atoms with Crippen molar-refractivity contribution in [1.29, 1.82) is 0 Å². The minimum atomic E-state index is 0.955. The molecule has 0 spiro atoms. The van der Waals surface area contributed by atoms with Crippen molar-refractivity contribution in [2.24, 2.45) is 23.7 Å². The van der Waals surface area contributed by atoms with Crippen molar-refractivity contribution in [1.82, 2.24) is 0 Å². The molecule has 0 aromatic heterocycles. The maximum atomic E-state index is 2.33. The quantitative estimate of drug-likeness (QED) is 0.607. The Kier molecular flexibility index (Phi) is 1.02. The Labute approximate surface area is 79.0 Å². The summed E-state index contributed by atoms with van der Waals surface area (Å²) in [5.74, 6) is 5.41. The molecular formula is C13H14. The van der Waals surface area contributed by atoms with Crippen LogP contribution in [0, 0.1) is 23.7 Å². The van der Waals surface area contributed by atoms with Gasteiger partial charge in [0.15, 0.2) is 0 Å². The van der Waals surface area contributed by atoms with Crippen LogP contribution < -0.4 is 0 Å². The van der Waals surface area contributed by atoms with Crippen molar-refractivity contribution in [2.75, 3.05) is 0 Å². The van der Waals surface area contributed by atoms with Crippen molar-refractivity contribution in [3.8, 4) is 0 Å². The third kappa shape index (κ3) is 0.688. The molecule has 13 heavy (non-hydrogen) atoms. The predicted molar refractivity (Wildman–Crippen MR) is 52.4 cm³/mol. The average Bonchev–Trinajstić information content (AvgIpc) is 2.65. The predicted octanol–water partition coefficient (Wildman–Crippen LogP) is 3.06. The van der Waals surface area contributed by atoms with Crippen LogP contribution in [0.3, 0.4) is 0 Å². The summed E-state index contributed by atoms with van der Waals surface area (Å²) in [5.41, 5.74) is 1.63. The van der Waals surface area contributed by atoms with Crippen LogP contribution in [0.1, 0.15) is 24.3 Å². The van der Waals surface area contributed by atoms with Crippen LogP contribution in [0.4, 0.5) is 0 Å². The summed E-state index contributed by atoms with van der Waals surface area (Å²) in [4.78, 5) is 0. The van der Waals surface area contributed by atoms with E-state index in [2.05, 4.69) is 30.3 Å². The zero-order valence-electron chi connectivity index (χ0n) is 7.69. The molecular weight excluding hydrogens is 156 g/mol. The second kappa shape index (κ2) is 2.00. The topological polar surface area (TPSA) is 0 Å². The molecule has 4 saturated carbocycles. The summed E-state index contributed by atoms with van der Waals surface area (Å²) in [6.45, 7) is 0. The molecule has 0 heteroatoms. The fourth-order valence-electron chi connectivity index (χ4n) is 4.24. The fourth-order valence-corrected chi connectivity index (χ4v) is 4.24. The van der Waals surface area contributed by atoms with E-state index >= 15 is 0 Å². The Balaban J connectivity index is 1.77. The molecule has 66 valence electrons. The number of hydrogen-bond donors (Lipinski definition) is 0. The molecule has 4 fully saturated rings. The van der Waals surface area contributed by atoms with Gasteiger partial charge in [-0.05, 0) is 48.0 Å². The lowest BCUT2D eigenvalue weighted by Gasteiger charge is -2.14. The monoisotopic (exact) mass is 170 g/mol. The Morgan fingerprint density at radius 3 is 2.15 bits per heavy atom. The molecule has 1 aromatic rings. The van der Waals surface area contributed by atoms with Crippen LogP contribution in [0.2, 0.25) is 0 Å². The SMILES string of the molecule is c1ccc([C@H]2C3CC4C2[C@H]4C3)cc1. The molecule has 1 aromatic carbocycles. The van der Waals surface area contributed by atoms with E-state index in [1.54, 1.807) is 18.4 Å². The Morgan fingerprint density at radius 2 is 1.62 bits per heavy atom. The first-order chi connectivity index (χ1) is 6.45. The lowest BCUT2D eigenvalue weighted by molar-refractivity contribution is 0.528. The van der Waals surface area contributed by atoms with Crippen LogP contribution in [0.15, 0.2) is 30.3 Å². The van der Waals surface area contributed by atoms with Gasteiger partial charge in [0.1, 0.15) is 0 Å². The summed E-state index contributed by atoms with van der Waals surface area (Å²) < 4.78 is 0. The summed E-state index contributed by atoms with van der Waals surface area (Å²) in [6, 6.07) is 11.2. The normalized spacial score (nSPS) is 49.7. The molecule has 5 atom stereocenters. The number of hydrogen-bond acceptors (Lipinski definition) is 0. The first kappa shape index (κ1) is 6.64. The smallest absolute Gasteiger partial charge is 0.00996 e. The van der Waals surface area contributed by atoms with Crippen molar-refractivity contribution >= 4 is 0 Å². The third-order valence-corrected chi connectivity index (χ3v) is 4.65. The van der Waals surface area contributed by atoms with Gasteiger partial charge in [-0.2, -0.15) is 0 Å². The van der Waals surface area contributed by atoms with Gasteiger partial charge >= 0.3 is 0 Å². The van der Waals surface area contributed by atoms with Gasteiger partial charge in [-0.25, -0.2) is 0 Å². The minimum absolute atomic E-state index is 0.955. The van der Waals surface area contributed by atoms with Gasteiger partial charge in [0, 0.05) is 0 Å². The van der Waals surface area contributed by atoms with E-state index in [1.165, 1.54) is 0 Å². The molecule has 0 amide bonds. The van der Waals surface area contributed by atoms with E-state index < -0.39 is 0 Å². The second-order valence-electron chi connectivity index (χ2n) is 5.07. The van der Waals surface area contributed by atoms with Crippen LogP contribution >= 0.6 is 0 Å². The highest BCUT2D eigenvalue weighted by Gasteiger charge is 2.68. The van der Waals surface area contributed by atoms with Gasteiger partial charge in [0.25, 0.3) is 0 Å². The molecule has 4 aliphatic carbocycles. The molecule has 4 aliphatic rings. The first-order valence-corrected chi connectivity index (χ1v) is 5.50. The van der Waals surface area contributed by atoms with Gasteiger partial charge in [0.2, 0.25) is 0 Å². The van der Waals surface area contributed by atoms with Gasteiger partial charge < -0.3 is 0 Å². The molecule has 0 radical (unpaired) electrons. The third-order valence-electron chi connectivity index (χ3n) is 4.65. The minimum Gasteiger partial charge on any atom is -0.0622 e. The highest BCUT2D eigenvalue weighted by Crippen LogP contribution is 2.75. The van der Waals surface area contributed by atoms with Gasteiger partial charge in [0.05, 0.1) is 0 Å². The molecule has 0 aliphatic heterocycles. The van der Waals surface area contributed by atoms with Gasteiger partial charge in [-0.1, -0.05) is 30.3 Å². The Hall–Kier alpha value is -0.780. The van der Waals surface area contributed by atoms with Crippen molar-refractivity contribution in [2.45, 2.75) is 18.8 Å². The molecule has 0 N–H and O–H groups in total. The van der Waals surface area contributed by atoms with E-state index in [-0.39, 0.29) is 0 Å². The zero-order chi connectivity index (χ0) is 8.41. The van der Waals surface area contributed by atoms with E-state index in [0.29, 0.717) is 0 Å². The first-order valence-electron chi connectivity index (χ1n) is 5.50.